The van der Waals surface area contributed by atoms with Crippen LogP contribution in [-0.2, 0) is 11.3 Å². The third-order valence-corrected chi connectivity index (χ3v) is 5.20. The van der Waals surface area contributed by atoms with Crippen molar-refractivity contribution < 1.29 is 4.79 Å². The molecule has 7 heteroatoms. The number of carbonyl (C=O) groups is 1. The average Bonchev–Trinajstić information content (AvgIpc) is 2.73. The van der Waals surface area contributed by atoms with E-state index in [9.17, 15) is 9.59 Å². The number of likely N-dealkylation sites (tertiary alicyclic amines) is 1. The van der Waals surface area contributed by atoms with Gasteiger partial charge in [0, 0.05) is 30.7 Å². The number of hydrogen-bond donors (Lipinski definition) is 1. The molecule has 0 saturated carbocycles. The Morgan fingerprint density at radius 1 is 1.11 bits per heavy atom. The first-order chi connectivity index (χ1) is 13.6. The van der Waals surface area contributed by atoms with Gasteiger partial charge >= 0.3 is 0 Å². The minimum Gasteiger partial charge on any atom is -0.367 e. The summed E-state index contributed by atoms with van der Waals surface area (Å²) in [5.74, 6) is 0.787. The Morgan fingerprint density at radius 3 is 2.54 bits per heavy atom. The van der Waals surface area contributed by atoms with E-state index in [1.165, 1.54) is 4.68 Å². The molecule has 4 rings (SSSR count). The van der Waals surface area contributed by atoms with Crippen LogP contribution in [0, 0.1) is 6.92 Å². The predicted molar refractivity (Wildman–Crippen MR) is 108 cm³/mol. The highest BCUT2D eigenvalue weighted by Gasteiger charge is 2.23. The van der Waals surface area contributed by atoms with Crippen LogP contribution in [-0.4, -0.2) is 44.7 Å². The van der Waals surface area contributed by atoms with Gasteiger partial charge in [-0.05, 0) is 38.0 Å². The fraction of sp³-hybridized carbons (Fsp3) is 0.333. The van der Waals surface area contributed by atoms with Crippen molar-refractivity contribution in [3.63, 3.8) is 0 Å². The summed E-state index contributed by atoms with van der Waals surface area (Å²) in [6.07, 6.45) is 3.46. The molecule has 3 heterocycles. The number of benzene rings is 1. The Morgan fingerprint density at radius 2 is 1.82 bits per heavy atom. The standard InChI is InChI=1S/C21H23N5O2/c1-15-17-6-2-3-7-18(17)21(28)26(24-15)14-20(27)25-12-9-16(10-13-25)23-19-8-4-5-11-22-19/h2-8,11,16H,9-10,12-14H2,1H3,(H,22,23). The molecule has 1 aromatic carbocycles. The summed E-state index contributed by atoms with van der Waals surface area (Å²) < 4.78 is 1.29. The number of hydrogen-bond acceptors (Lipinski definition) is 5. The maximum Gasteiger partial charge on any atom is 0.275 e. The maximum absolute atomic E-state index is 12.7. The first kappa shape index (κ1) is 18.2. The number of nitrogens with one attached hydrogen (secondary N) is 1. The van der Waals surface area contributed by atoms with Crippen LogP contribution >= 0.6 is 0 Å². The number of fused-ring (bicyclic) bond motifs is 1. The molecule has 1 fully saturated rings. The Labute approximate surface area is 163 Å². The number of nitrogens with zero attached hydrogens (tertiary/aromatic N) is 4. The van der Waals surface area contributed by atoms with E-state index in [2.05, 4.69) is 15.4 Å². The lowest BCUT2D eigenvalue weighted by Gasteiger charge is -2.32. The van der Waals surface area contributed by atoms with E-state index in [1.807, 2.05) is 48.2 Å². The van der Waals surface area contributed by atoms with Crippen LogP contribution in [0.4, 0.5) is 5.82 Å². The van der Waals surface area contributed by atoms with Crippen molar-refractivity contribution in [3.8, 4) is 0 Å². The summed E-state index contributed by atoms with van der Waals surface area (Å²) in [5.41, 5.74) is 0.530. The molecule has 0 unspecified atom stereocenters. The van der Waals surface area contributed by atoms with Gasteiger partial charge in [-0.25, -0.2) is 9.67 Å². The Hall–Kier alpha value is -3.22. The van der Waals surface area contributed by atoms with E-state index >= 15 is 0 Å². The van der Waals surface area contributed by atoms with Crippen molar-refractivity contribution in [2.45, 2.75) is 32.4 Å². The molecule has 0 atom stereocenters. The minimum atomic E-state index is -0.221. The second kappa shape index (κ2) is 7.80. The largest absolute Gasteiger partial charge is 0.367 e. The SMILES string of the molecule is Cc1nn(CC(=O)N2CCC(Nc3ccccn3)CC2)c(=O)c2ccccc12. The predicted octanol–water partition coefficient (Wildman–Crippen LogP) is 2.20. The quantitative estimate of drug-likeness (QED) is 0.754. The maximum atomic E-state index is 12.7. The van der Waals surface area contributed by atoms with Gasteiger partial charge in [-0.3, -0.25) is 9.59 Å². The Kier molecular flexibility index (Phi) is 5.06. The lowest BCUT2D eigenvalue weighted by atomic mass is 10.0. The number of anilines is 1. The van der Waals surface area contributed by atoms with E-state index in [4.69, 9.17) is 0 Å². The molecule has 3 aromatic rings. The molecule has 7 nitrogen and oxygen atoms in total. The van der Waals surface area contributed by atoms with E-state index in [1.54, 1.807) is 12.3 Å². The smallest absolute Gasteiger partial charge is 0.275 e. The number of pyridine rings is 1. The number of rotatable bonds is 4. The Balaban J connectivity index is 1.41. The molecule has 1 N–H and O–H groups in total. The second-order valence-corrected chi connectivity index (χ2v) is 7.11. The average molecular weight is 377 g/mol. The highest BCUT2D eigenvalue weighted by Crippen LogP contribution is 2.16. The van der Waals surface area contributed by atoms with Gasteiger partial charge < -0.3 is 10.2 Å². The molecular formula is C21H23N5O2. The molecule has 0 aliphatic carbocycles. The molecule has 0 bridgehead atoms. The summed E-state index contributed by atoms with van der Waals surface area (Å²) in [6.45, 7) is 3.15. The highest BCUT2D eigenvalue weighted by atomic mass is 16.2. The summed E-state index contributed by atoms with van der Waals surface area (Å²) in [5, 5.41) is 9.18. The zero-order chi connectivity index (χ0) is 19.5. The van der Waals surface area contributed by atoms with Crippen molar-refractivity contribution in [2.75, 3.05) is 18.4 Å². The number of aryl methyl sites for hydroxylation is 1. The first-order valence-electron chi connectivity index (χ1n) is 9.53. The summed E-state index contributed by atoms with van der Waals surface area (Å²) in [4.78, 5) is 31.5. The van der Waals surface area contributed by atoms with Crippen LogP contribution in [0.5, 0.6) is 0 Å². The van der Waals surface area contributed by atoms with Gasteiger partial charge in [-0.2, -0.15) is 5.10 Å². The van der Waals surface area contributed by atoms with Crippen LogP contribution in [0.25, 0.3) is 10.8 Å². The number of carbonyl (C=O) groups excluding carboxylic acids is 1. The van der Waals surface area contributed by atoms with Crippen LogP contribution < -0.4 is 10.9 Å². The highest BCUT2D eigenvalue weighted by molar-refractivity contribution is 5.83. The summed E-state index contributed by atoms with van der Waals surface area (Å²) in [6, 6.07) is 13.4. The topological polar surface area (TPSA) is 80.1 Å². The van der Waals surface area contributed by atoms with Gasteiger partial charge in [0.2, 0.25) is 5.91 Å². The normalized spacial score (nSPS) is 15.0. The van der Waals surface area contributed by atoms with Crippen LogP contribution in [0.15, 0.2) is 53.5 Å². The molecular weight excluding hydrogens is 354 g/mol. The third kappa shape index (κ3) is 3.74. The third-order valence-electron chi connectivity index (χ3n) is 5.20. The van der Waals surface area contributed by atoms with E-state index in [-0.39, 0.29) is 18.0 Å². The number of aromatic nitrogens is 3. The summed E-state index contributed by atoms with van der Waals surface area (Å²) >= 11 is 0. The van der Waals surface area contributed by atoms with E-state index in [0.717, 1.165) is 29.7 Å². The molecule has 1 amide bonds. The number of amides is 1. The fourth-order valence-electron chi connectivity index (χ4n) is 3.67. The number of piperidine rings is 1. The van der Waals surface area contributed by atoms with Gasteiger partial charge in [0.15, 0.2) is 0 Å². The lowest BCUT2D eigenvalue weighted by molar-refractivity contribution is -0.133. The second-order valence-electron chi connectivity index (χ2n) is 7.11. The molecule has 1 aliphatic heterocycles. The molecule has 0 radical (unpaired) electrons. The Bertz CT molecular complexity index is 1040. The molecule has 28 heavy (non-hydrogen) atoms. The van der Waals surface area contributed by atoms with Crippen molar-refractivity contribution in [2.24, 2.45) is 0 Å². The lowest BCUT2D eigenvalue weighted by Crippen LogP contribution is -2.45. The van der Waals surface area contributed by atoms with Gasteiger partial charge in [-0.15, -0.1) is 0 Å². The fourth-order valence-corrected chi connectivity index (χ4v) is 3.67. The van der Waals surface area contributed by atoms with E-state index < -0.39 is 0 Å². The van der Waals surface area contributed by atoms with Crippen molar-refractivity contribution >= 4 is 22.5 Å². The van der Waals surface area contributed by atoms with Crippen LogP contribution in [0.1, 0.15) is 18.5 Å². The van der Waals surface area contributed by atoms with Gasteiger partial charge in [0.1, 0.15) is 12.4 Å². The first-order valence-corrected chi connectivity index (χ1v) is 9.53. The van der Waals surface area contributed by atoms with Gasteiger partial charge in [0.05, 0.1) is 11.1 Å². The summed E-state index contributed by atoms with van der Waals surface area (Å²) in [7, 11) is 0. The van der Waals surface area contributed by atoms with Crippen molar-refractivity contribution in [1.82, 2.24) is 19.7 Å². The minimum absolute atomic E-state index is 0.0250. The van der Waals surface area contributed by atoms with Crippen LogP contribution in [0.3, 0.4) is 0 Å². The molecule has 1 saturated heterocycles. The molecule has 2 aromatic heterocycles. The van der Waals surface area contributed by atoms with Crippen molar-refractivity contribution in [1.29, 1.82) is 0 Å². The van der Waals surface area contributed by atoms with Gasteiger partial charge in [-0.1, -0.05) is 24.3 Å². The monoisotopic (exact) mass is 377 g/mol. The zero-order valence-electron chi connectivity index (χ0n) is 15.8. The molecule has 144 valence electrons. The van der Waals surface area contributed by atoms with Crippen molar-refractivity contribution in [3.05, 3.63) is 64.7 Å². The van der Waals surface area contributed by atoms with E-state index in [0.29, 0.717) is 24.5 Å². The molecule has 1 aliphatic rings. The molecule has 0 spiro atoms. The zero-order valence-corrected chi connectivity index (χ0v) is 15.8. The van der Waals surface area contributed by atoms with Gasteiger partial charge in [0.25, 0.3) is 5.56 Å². The van der Waals surface area contributed by atoms with Crippen LogP contribution in [0.2, 0.25) is 0 Å².